The highest BCUT2D eigenvalue weighted by Crippen LogP contribution is 2.63. The topological polar surface area (TPSA) is 23.4 Å². The van der Waals surface area contributed by atoms with E-state index in [1.165, 1.54) is 66.2 Å². The fourth-order valence-corrected chi connectivity index (χ4v) is 10.3. The van der Waals surface area contributed by atoms with Crippen molar-refractivity contribution in [3.05, 3.63) is 192 Å². The molecule has 53 heavy (non-hydrogen) atoms. The molecule has 0 saturated heterocycles. The number of hydrogen-bond donors (Lipinski definition) is 0. The van der Waals surface area contributed by atoms with E-state index in [0.717, 1.165) is 45.2 Å². The van der Waals surface area contributed by atoms with E-state index < -0.39 is 5.41 Å². The third-order valence-electron chi connectivity index (χ3n) is 12.3. The van der Waals surface area contributed by atoms with Crippen molar-refractivity contribution in [2.75, 3.05) is 0 Å². The summed E-state index contributed by atoms with van der Waals surface area (Å²) < 4.78 is 16.0. The van der Waals surface area contributed by atoms with E-state index >= 15 is 0 Å². The summed E-state index contributed by atoms with van der Waals surface area (Å²) in [4.78, 5) is 0. The molecule has 9 aromatic rings. The van der Waals surface area contributed by atoms with E-state index in [4.69, 9.17) is 9.47 Å². The first-order valence-electron chi connectivity index (χ1n) is 18.4. The SMILES string of the molecule is c1ccc2c(c1)Oc1cc(-n3c4ccccc4c4cc5c(cc43)C3(c4ccccc4-c4ccccc43)c3ccccc3-5)cc3c1B2c1ccccc1O3. The van der Waals surface area contributed by atoms with Crippen LogP contribution in [0.2, 0.25) is 0 Å². The number of benzene rings is 8. The van der Waals surface area contributed by atoms with Crippen LogP contribution in [0.1, 0.15) is 22.3 Å². The van der Waals surface area contributed by atoms with E-state index in [1.54, 1.807) is 0 Å². The zero-order valence-corrected chi connectivity index (χ0v) is 28.5. The minimum absolute atomic E-state index is 0.0336. The predicted molar refractivity (Wildman–Crippen MR) is 215 cm³/mol. The van der Waals surface area contributed by atoms with E-state index in [-0.39, 0.29) is 6.71 Å². The van der Waals surface area contributed by atoms with Gasteiger partial charge in [0, 0.05) is 28.4 Å². The Hall–Kier alpha value is -6.78. The molecular formula is C49H28BNO2. The summed E-state index contributed by atoms with van der Waals surface area (Å²) in [7, 11) is 0. The molecule has 0 saturated carbocycles. The molecule has 4 aliphatic rings. The van der Waals surface area contributed by atoms with Gasteiger partial charge in [0.05, 0.1) is 22.1 Å². The number of hydrogen-bond acceptors (Lipinski definition) is 2. The Bertz CT molecular complexity index is 2980. The lowest BCUT2D eigenvalue weighted by molar-refractivity contribution is 0.464. The van der Waals surface area contributed by atoms with Gasteiger partial charge in [0.1, 0.15) is 23.0 Å². The molecule has 0 atom stereocenters. The summed E-state index contributed by atoms with van der Waals surface area (Å²) in [5.41, 5.74) is 16.9. The lowest BCUT2D eigenvalue weighted by atomic mass is 9.35. The third kappa shape index (κ3) is 3.33. The Morgan fingerprint density at radius 2 is 0.906 bits per heavy atom. The summed E-state index contributed by atoms with van der Waals surface area (Å²) in [5, 5.41) is 2.45. The summed E-state index contributed by atoms with van der Waals surface area (Å²) in [6.07, 6.45) is 0. The molecule has 2 aliphatic carbocycles. The summed E-state index contributed by atoms with van der Waals surface area (Å²) in [5.74, 6) is 3.46. The number of aromatic nitrogens is 1. The fraction of sp³-hybridized carbons (Fsp3) is 0.0204. The van der Waals surface area contributed by atoms with Gasteiger partial charge in [-0.25, -0.2) is 0 Å². The molecule has 8 aromatic carbocycles. The van der Waals surface area contributed by atoms with Crippen LogP contribution in [-0.2, 0) is 5.41 Å². The molecule has 244 valence electrons. The maximum absolute atomic E-state index is 6.78. The maximum Gasteiger partial charge on any atom is 0.260 e. The Morgan fingerprint density at radius 3 is 1.53 bits per heavy atom. The standard InChI is InChI=1S/C49H28BNO2/c1-5-17-36-30(13-1)31-14-2-6-18-37(31)49(36)38-19-7-3-15-32(38)34-27-35-33-16-4-10-22-42(33)51(43(35)28-39(34)49)29-25-46-48-47(26-29)53-45-24-12-9-21-41(45)50(48)40-20-8-11-23-44(40)52-46/h1-28H. The van der Waals surface area contributed by atoms with Gasteiger partial charge in [-0.05, 0) is 85.8 Å². The van der Waals surface area contributed by atoms with Gasteiger partial charge < -0.3 is 14.0 Å². The first-order chi connectivity index (χ1) is 26.3. The van der Waals surface area contributed by atoms with Crippen LogP contribution in [0.5, 0.6) is 23.0 Å². The average Bonchev–Trinajstić information content (AvgIpc) is 3.81. The number of para-hydroxylation sites is 3. The zero-order chi connectivity index (χ0) is 34.4. The first kappa shape index (κ1) is 27.9. The summed E-state index contributed by atoms with van der Waals surface area (Å²) in [6, 6.07) is 62.1. The van der Waals surface area contributed by atoms with Gasteiger partial charge in [0.15, 0.2) is 0 Å². The van der Waals surface area contributed by atoms with Crippen molar-refractivity contribution in [2.24, 2.45) is 0 Å². The van der Waals surface area contributed by atoms with Gasteiger partial charge in [0.25, 0.3) is 6.71 Å². The molecule has 4 heteroatoms. The molecule has 1 spiro atoms. The molecule has 3 nitrogen and oxygen atoms in total. The van der Waals surface area contributed by atoms with Crippen LogP contribution in [0, 0.1) is 0 Å². The van der Waals surface area contributed by atoms with Gasteiger partial charge in [-0.2, -0.15) is 0 Å². The zero-order valence-electron chi connectivity index (χ0n) is 28.5. The highest BCUT2D eigenvalue weighted by molar-refractivity contribution is 6.98. The van der Waals surface area contributed by atoms with Crippen LogP contribution in [0.25, 0.3) is 49.7 Å². The van der Waals surface area contributed by atoms with Gasteiger partial charge in [-0.3, -0.25) is 0 Å². The van der Waals surface area contributed by atoms with Crippen molar-refractivity contribution < 1.29 is 9.47 Å². The quantitative estimate of drug-likeness (QED) is 0.162. The third-order valence-corrected chi connectivity index (χ3v) is 12.3. The smallest absolute Gasteiger partial charge is 0.260 e. The molecule has 3 heterocycles. The Labute approximate surface area is 306 Å². The van der Waals surface area contributed by atoms with Crippen molar-refractivity contribution in [3.8, 4) is 50.9 Å². The van der Waals surface area contributed by atoms with Crippen LogP contribution in [0.3, 0.4) is 0 Å². The van der Waals surface area contributed by atoms with Crippen molar-refractivity contribution in [2.45, 2.75) is 5.41 Å². The van der Waals surface area contributed by atoms with E-state index in [2.05, 4.69) is 174 Å². The van der Waals surface area contributed by atoms with Gasteiger partial charge in [0.2, 0.25) is 0 Å². The molecular weight excluding hydrogens is 645 g/mol. The van der Waals surface area contributed by atoms with Gasteiger partial charge >= 0.3 is 0 Å². The van der Waals surface area contributed by atoms with Crippen molar-refractivity contribution in [1.29, 1.82) is 0 Å². The van der Waals surface area contributed by atoms with E-state index in [9.17, 15) is 0 Å². The van der Waals surface area contributed by atoms with Crippen LogP contribution in [-0.4, -0.2) is 11.3 Å². The molecule has 2 aliphatic heterocycles. The van der Waals surface area contributed by atoms with Crippen LogP contribution in [0.15, 0.2) is 170 Å². The maximum atomic E-state index is 6.78. The monoisotopic (exact) mass is 673 g/mol. The van der Waals surface area contributed by atoms with E-state index in [0.29, 0.717) is 0 Å². The molecule has 1 aromatic heterocycles. The van der Waals surface area contributed by atoms with Crippen molar-refractivity contribution >= 4 is 44.9 Å². The Kier molecular flexibility index (Phi) is 5.13. The molecule has 0 radical (unpaired) electrons. The molecule has 0 fully saturated rings. The van der Waals surface area contributed by atoms with Crippen molar-refractivity contribution in [1.82, 2.24) is 4.57 Å². The van der Waals surface area contributed by atoms with Crippen LogP contribution in [0.4, 0.5) is 0 Å². The molecule has 0 unspecified atom stereocenters. The number of nitrogens with zero attached hydrogens (tertiary/aromatic N) is 1. The normalized spacial score (nSPS) is 14.5. The second-order valence-corrected chi connectivity index (χ2v) is 14.7. The highest BCUT2D eigenvalue weighted by Gasteiger charge is 2.52. The second kappa shape index (κ2) is 9.75. The highest BCUT2D eigenvalue weighted by atomic mass is 16.5. The Balaban J connectivity index is 1.13. The minimum Gasteiger partial charge on any atom is -0.458 e. The molecule has 0 N–H and O–H groups in total. The second-order valence-electron chi connectivity index (χ2n) is 14.7. The van der Waals surface area contributed by atoms with Crippen LogP contribution >= 0.6 is 0 Å². The number of ether oxygens (including phenoxy) is 2. The molecule has 13 rings (SSSR count). The summed E-state index contributed by atoms with van der Waals surface area (Å²) >= 11 is 0. The molecule has 0 bridgehead atoms. The largest absolute Gasteiger partial charge is 0.458 e. The van der Waals surface area contributed by atoms with Crippen molar-refractivity contribution in [3.63, 3.8) is 0 Å². The number of rotatable bonds is 1. The van der Waals surface area contributed by atoms with Gasteiger partial charge in [-0.15, -0.1) is 0 Å². The first-order valence-corrected chi connectivity index (χ1v) is 18.4. The molecule has 0 amide bonds. The number of fused-ring (bicyclic) bond motifs is 17. The van der Waals surface area contributed by atoms with Crippen LogP contribution < -0.4 is 25.9 Å². The Morgan fingerprint density at radius 1 is 0.396 bits per heavy atom. The lowest BCUT2D eigenvalue weighted by Gasteiger charge is -2.33. The fourth-order valence-electron chi connectivity index (χ4n) is 10.3. The predicted octanol–water partition coefficient (Wildman–Crippen LogP) is 9.85. The average molecular weight is 674 g/mol. The lowest BCUT2D eigenvalue weighted by Crippen LogP contribution is -2.57. The van der Waals surface area contributed by atoms with Gasteiger partial charge in [-0.1, -0.05) is 127 Å². The summed E-state index contributed by atoms with van der Waals surface area (Å²) in [6.45, 7) is 0.0336. The van der Waals surface area contributed by atoms with E-state index in [1.807, 2.05) is 0 Å². The minimum atomic E-state index is -0.427.